The molecule has 4 rings (SSSR count). The van der Waals surface area contributed by atoms with E-state index in [4.69, 9.17) is 27.9 Å². The summed E-state index contributed by atoms with van der Waals surface area (Å²) in [5.74, 6) is -1.02. The summed E-state index contributed by atoms with van der Waals surface area (Å²) < 4.78 is 20.1. The zero-order valence-electron chi connectivity index (χ0n) is 14.0. The van der Waals surface area contributed by atoms with Gasteiger partial charge in [-0.25, -0.2) is 4.39 Å². The number of rotatable bonds is 3. The second-order valence-corrected chi connectivity index (χ2v) is 7.61. The molecule has 1 aromatic carbocycles. The number of aryl methyl sites for hydroxylation is 1. The lowest BCUT2D eigenvalue weighted by Gasteiger charge is -2.29. The SMILES string of the molecule is Cc1cc([C@H]2[C@H]3O[C@H](C[C@H]3F)[C@@H]2C(=O)Nc2ccc(Cl)c(Cl)c2)ccn1. The van der Waals surface area contributed by atoms with Gasteiger partial charge in [0.1, 0.15) is 6.17 Å². The average molecular weight is 395 g/mol. The van der Waals surface area contributed by atoms with Crippen molar-refractivity contribution >= 4 is 34.8 Å². The lowest BCUT2D eigenvalue weighted by atomic mass is 9.74. The van der Waals surface area contributed by atoms with Crippen molar-refractivity contribution in [3.05, 3.63) is 57.8 Å². The molecular formula is C19H17Cl2FN2O2. The van der Waals surface area contributed by atoms with Gasteiger partial charge < -0.3 is 10.1 Å². The first-order valence-electron chi connectivity index (χ1n) is 8.42. The van der Waals surface area contributed by atoms with E-state index in [1.165, 1.54) is 0 Å². The predicted molar refractivity (Wildman–Crippen MR) is 98.5 cm³/mol. The summed E-state index contributed by atoms with van der Waals surface area (Å²) >= 11 is 11.9. The third-order valence-electron chi connectivity index (χ3n) is 5.08. The number of anilines is 1. The smallest absolute Gasteiger partial charge is 0.230 e. The Morgan fingerprint density at radius 3 is 2.81 bits per heavy atom. The zero-order chi connectivity index (χ0) is 18.4. The highest BCUT2D eigenvalue weighted by molar-refractivity contribution is 6.42. The molecule has 1 N–H and O–H groups in total. The predicted octanol–water partition coefficient (Wildman–Crippen LogP) is 4.54. The van der Waals surface area contributed by atoms with Gasteiger partial charge in [0.25, 0.3) is 0 Å². The number of nitrogens with one attached hydrogen (secondary N) is 1. The molecule has 26 heavy (non-hydrogen) atoms. The number of hydrogen-bond acceptors (Lipinski definition) is 3. The summed E-state index contributed by atoms with van der Waals surface area (Å²) in [5, 5.41) is 3.64. The van der Waals surface area contributed by atoms with E-state index >= 15 is 0 Å². The van der Waals surface area contributed by atoms with E-state index < -0.39 is 24.3 Å². The number of carbonyl (C=O) groups excluding carboxylic acids is 1. The van der Waals surface area contributed by atoms with Crippen molar-refractivity contribution < 1.29 is 13.9 Å². The minimum atomic E-state index is -1.06. The molecule has 0 radical (unpaired) electrons. The maximum atomic E-state index is 14.3. The topological polar surface area (TPSA) is 51.2 Å². The maximum Gasteiger partial charge on any atom is 0.230 e. The Balaban J connectivity index is 1.62. The first kappa shape index (κ1) is 17.7. The fraction of sp³-hybridized carbons (Fsp3) is 0.368. The van der Waals surface area contributed by atoms with Crippen molar-refractivity contribution in [3.63, 3.8) is 0 Å². The molecule has 2 aromatic rings. The Morgan fingerprint density at radius 2 is 2.08 bits per heavy atom. The van der Waals surface area contributed by atoms with Crippen molar-refractivity contribution in [2.24, 2.45) is 5.92 Å². The second kappa shape index (κ2) is 6.80. The van der Waals surface area contributed by atoms with E-state index in [0.717, 1.165) is 11.3 Å². The number of nitrogens with zero attached hydrogens (tertiary/aromatic N) is 1. The van der Waals surface area contributed by atoms with Crippen LogP contribution in [0.3, 0.4) is 0 Å². The van der Waals surface area contributed by atoms with Gasteiger partial charge >= 0.3 is 0 Å². The summed E-state index contributed by atoms with van der Waals surface area (Å²) in [6.45, 7) is 1.87. The molecule has 0 spiro atoms. The molecule has 5 atom stereocenters. The minimum Gasteiger partial charge on any atom is -0.370 e. The number of aromatic nitrogens is 1. The van der Waals surface area contributed by atoms with Gasteiger partial charge in [0.15, 0.2) is 0 Å². The van der Waals surface area contributed by atoms with Crippen LogP contribution in [0.5, 0.6) is 0 Å². The number of hydrogen-bond donors (Lipinski definition) is 1. The lowest BCUT2D eigenvalue weighted by Crippen LogP contribution is -2.39. The van der Waals surface area contributed by atoms with Crippen molar-refractivity contribution in [2.45, 2.75) is 37.6 Å². The van der Waals surface area contributed by atoms with Crippen molar-refractivity contribution in [2.75, 3.05) is 5.32 Å². The van der Waals surface area contributed by atoms with Crippen LogP contribution in [-0.2, 0) is 9.53 Å². The zero-order valence-corrected chi connectivity index (χ0v) is 15.5. The number of alkyl halides is 1. The average Bonchev–Trinajstić information content (AvgIpc) is 3.15. The number of halogens is 3. The molecule has 2 fully saturated rings. The highest BCUT2D eigenvalue weighted by Gasteiger charge is 2.57. The van der Waals surface area contributed by atoms with E-state index in [-0.39, 0.29) is 18.2 Å². The summed E-state index contributed by atoms with van der Waals surface area (Å²) in [6.07, 6.45) is -0.183. The largest absolute Gasteiger partial charge is 0.370 e. The Morgan fingerprint density at radius 1 is 1.27 bits per heavy atom. The van der Waals surface area contributed by atoms with Crippen LogP contribution in [0.15, 0.2) is 36.5 Å². The Bertz CT molecular complexity index is 863. The normalized spacial score (nSPS) is 29.8. The Kier molecular flexibility index (Phi) is 4.63. The van der Waals surface area contributed by atoms with Crippen LogP contribution in [-0.4, -0.2) is 29.3 Å². The van der Waals surface area contributed by atoms with Crippen LogP contribution in [0.4, 0.5) is 10.1 Å². The van der Waals surface area contributed by atoms with Gasteiger partial charge in [-0.15, -0.1) is 0 Å². The summed E-state index contributed by atoms with van der Waals surface area (Å²) in [7, 11) is 0. The van der Waals surface area contributed by atoms with E-state index in [0.29, 0.717) is 15.7 Å². The van der Waals surface area contributed by atoms with E-state index in [1.807, 2.05) is 19.1 Å². The van der Waals surface area contributed by atoms with Gasteiger partial charge in [-0.05, 0) is 42.8 Å². The molecule has 2 aliphatic heterocycles. The van der Waals surface area contributed by atoms with Crippen LogP contribution in [0.25, 0.3) is 0 Å². The van der Waals surface area contributed by atoms with Crippen molar-refractivity contribution in [1.29, 1.82) is 0 Å². The van der Waals surface area contributed by atoms with Gasteiger partial charge in [-0.2, -0.15) is 0 Å². The van der Waals surface area contributed by atoms with Gasteiger partial charge in [-0.1, -0.05) is 23.2 Å². The monoisotopic (exact) mass is 394 g/mol. The maximum absolute atomic E-state index is 14.3. The third kappa shape index (κ3) is 3.08. The molecule has 136 valence electrons. The van der Waals surface area contributed by atoms with Crippen molar-refractivity contribution in [3.8, 4) is 0 Å². The molecule has 3 heterocycles. The number of carbonyl (C=O) groups is 1. The molecule has 1 amide bonds. The number of fused-ring (bicyclic) bond motifs is 2. The lowest BCUT2D eigenvalue weighted by molar-refractivity contribution is -0.121. The molecular weight excluding hydrogens is 378 g/mol. The van der Waals surface area contributed by atoms with Crippen molar-refractivity contribution in [1.82, 2.24) is 4.98 Å². The number of pyridine rings is 1. The molecule has 2 bridgehead atoms. The van der Waals surface area contributed by atoms with Crippen LogP contribution >= 0.6 is 23.2 Å². The Labute approximate surface area is 160 Å². The van der Waals surface area contributed by atoms with E-state index in [1.54, 1.807) is 24.4 Å². The molecule has 1 aromatic heterocycles. The number of amides is 1. The molecule has 0 unspecified atom stereocenters. The molecule has 0 saturated carbocycles. The Hall–Kier alpha value is -1.69. The number of benzene rings is 1. The van der Waals surface area contributed by atoms with Gasteiger partial charge in [0.2, 0.25) is 5.91 Å². The van der Waals surface area contributed by atoms with Crippen LogP contribution in [0, 0.1) is 12.8 Å². The molecule has 2 aliphatic rings. The fourth-order valence-electron chi connectivity index (χ4n) is 3.98. The van der Waals surface area contributed by atoms with Gasteiger partial charge in [0.05, 0.1) is 28.2 Å². The van der Waals surface area contributed by atoms with Gasteiger partial charge in [0, 0.05) is 29.9 Å². The van der Waals surface area contributed by atoms with E-state index in [2.05, 4.69) is 10.3 Å². The summed E-state index contributed by atoms with van der Waals surface area (Å²) in [5.41, 5.74) is 2.25. The standard InChI is InChI=1S/C19H17Cl2FN2O2/c1-9-6-10(4-5-23-9)16-17(15-8-14(22)18(16)26-15)19(25)24-11-2-3-12(20)13(21)7-11/h2-7,14-18H,8H2,1H3,(H,24,25)/t14-,15-,16-,17+,18+/m1/s1. The van der Waals surface area contributed by atoms with Crippen LogP contribution in [0.2, 0.25) is 10.0 Å². The first-order chi connectivity index (χ1) is 12.4. The molecule has 4 nitrogen and oxygen atoms in total. The summed E-state index contributed by atoms with van der Waals surface area (Å²) in [4.78, 5) is 17.2. The van der Waals surface area contributed by atoms with Crippen LogP contribution in [0.1, 0.15) is 23.6 Å². The molecule has 0 aliphatic carbocycles. The minimum absolute atomic E-state index is 0.206. The summed E-state index contributed by atoms with van der Waals surface area (Å²) in [6, 6.07) is 8.62. The highest BCUT2D eigenvalue weighted by atomic mass is 35.5. The highest BCUT2D eigenvalue weighted by Crippen LogP contribution is 2.50. The second-order valence-electron chi connectivity index (χ2n) is 6.79. The molecule has 2 saturated heterocycles. The first-order valence-corrected chi connectivity index (χ1v) is 9.17. The van der Waals surface area contributed by atoms with Gasteiger partial charge in [-0.3, -0.25) is 9.78 Å². The van der Waals surface area contributed by atoms with E-state index in [9.17, 15) is 9.18 Å². The number of ether oxygens (including phenoxy) is 1. The fourth-order valence-corrected chi connectivity index (χ4v) is 4.28. The third-order valence-corrected chi connectivity index (χ3v) is 5.82. The quantitative estimate of drug-likeness (QED) is 0.830. The van der Waals surface area contributed by atoms with Crippen LogP contribution < -0.4 is 5.32 Å². The molecule has 7 heteroatoms.